The van der Waals surface area contributed by atoms with E-state index in [2.05, 4.69) is 34.2 Å². The molecule has 0 aromatic heterocycles. The maximum Gasteiger partial charge on any atom is 0.161 e. The van der Waals surface area contributed by atoms with E-state index in [9.17, 15) is 0 Å². The number of halogens is 1. The molecular weight excluding hydrogens is 306 g/mol. The lowest BCUT2D eigenvalue weighted by Gasteiger charge is -2.14. The summed E-state index contributed by atoms with van der Waals surface area (Å²) in [5.74, 6) is 2.28. The quantitative estimate of drug-likeness (QED) is 0.789. The van der Waals surface area contributed by atoms with Gasteiger partial charge in [0.05, 0.1) is 14.2 Å². The van der Waals surface area contributed by atoms with Crippen molar-refractivity contribution < 1.29 is 9.47 Å². The molecule has 19 heavy (non-hydrogen) atoms. The molecule has 0 aliphatic heterocycles. The lowest BCUT2D eigenvalue weighted by Crippen LogP contribution is -2.12. The molecule has 0 saturated heterocycles. The molecule has 0 amide bonds. The van der Waals surface area contributed by atoms with Crippen LogP contribution >= 0.6 is 15.9 Å². The smallest absolute Gasteiger partial charge is 0.161 e. The van der Waals surface area contributed by atoms with Crippen molar-refractivity contribution in [3.05, 3.63) is 22.2 Å². The normalized spacial score (nSPS) is 12.3. The predicted octanol–water partition coefficient (Wildman–Crippen LogP) is 3.64. The first kappa shape index (κ1) is 16.3. The summed E-state index contributed by atoms with van der Waals surface area (Å²) in [5.41, 5.74) is 1.27. The second kappa shape index (κ2) is 8.43. The van der Waals surface area contributed by atoms with Crippen molar-refractivity contribution in [3.63, 3.8) is 0 Å². The Hall–Kier alpha value is -0.740. The first-order valence-electron chi connectivity index (χ1n) is 6.67. The van der Waals surface area contributed by atoms with Crippen molar-refractivity contribution in [1.29, 1.82) is 0 Å². The van der Waals surface area contributed by atoms with E-state index < -0.39 is 0 Å². The molecule has 0 aliphatic rings. The summed E-state index contributed by atoms with van der Waals surface area (Å²) in [7, 11) is 5.33. The summed E-state index contributed by atoms with van der Waals surface area (Å²) in [5, 5.41) is 3.20. The van der Waals surface area contributed by atoms with Gasteiger partial charge < -0.3 is 14.8 Å². The van der Waals surface area contributed by atoms with E-state index in [1.807, 2.05) is 13.1 Å². The van der Waals surface area contributed by atoms with Crippen LogP contribution in [0.2, 0.25) is 0 Å². The van der Waals surface area contributed by atoms with E-state index in [0.717, 1.165) is 28.9 Å². The van der Waals surface area contributed by atoms with Crippen LogP contribution in [0.15, 0.2) is 16.6 Å². The maximum absolute atomic E-state index is 5.35. The van der Waals surface area contributed by atoms with Gasteiger partial charge >= 0.3 is 0 Å². The fourth-order valence-electron chi connectivity index (χ4n) is 2.02. The van der Waals surface area contributed by atoms with Gasteiger partial charge in [-0.2, -0.15) is 0 Å². The van der Waals surface area contributed by atoms with Crippen molar-refractivity contribution in [1.82, 2.24) is 5.32 Å². The van der Waals surface area contributed by atoms with Crippen LogP contribution < -0.4 is 14.8 Å². The number of aryl methyl sites for hydroxylation is 1. The van der Waals surface area contributed by atoms with Crippen LogP contribution in [-0.2, 0) is 6.42 Å². The highest BCUT2D eigenvalue weighted by molar-refractivity contribution is 9.10. The third-order valence-electron chi connectivity index (χ3n) is 3.35. The molecule has 0 radical (unpaired) electrons. The SMILES string of the molecule is CNCCC(C)CCc1cc(OC)c(OC)cc1Br. The standard InChI is InChI=1S/C15H24BrNO2/c1-11(7-8-17-2)5-6-12-9-14(18-3)15(19-4)10-13(12)16/h9-11,17H,5-8H2,1-4H3. The van der Waals surface area contributed by atoms with Gasteiger partial charge in [-0.25, -0.2) is 0 Å². The van der Waals surface area contributed by atoms with Crippen LogP contribution in [0.1, 0.15) is 25.3 Å². The number of benzene rings is 1. The minimum atomic E-state index is 0.715. The Morgan fingerprint density at radius 2 is 1.79 bits per heavy atom. The average molecular weight is 330 g/mol. The topological polar surface area (TPSA) is 30.5 Å². The van der Waals surface area contributed by atoms with E-state index in [-0.39, 0.29) is 0 Å². The second-order valence-electron chi connectivity index (χ2n) is 4.83. The Balaban J connectivity index is 2.67. The van der Waals surface area contributed by atoms with Gasteiger partial charge in [0.25, 0.3) is 0 Å². The fourth-order valence-corrected chi connectivity index (χ4v) is 2.55. The van der Waals surface area contributed by atoms with Crippen molar-refractivity contribution in [3.8, 4) is 11.5 Å². The Bertz CT molecular complexity index is 396. The molecule has 0 fully saturated rings. The van der Waals surface area contributed by atoms with Gasteiger partial charge in [-0.15, -0.1) is 0 Å². The van der Waals surface area contributed by atoms with Crippen molar-refractivity contribution >= 4 is 15.9 Å². The minimum absolute atomic E-state index is 0.715. The van der Waals surface area contributed by atoms with Gasteiger partial charge in [0.1, 0.15) is 0 Å². The van der Waals surface area contributed by atoms with Gasteiger partial charge in [-0.3, -0.25) is 0 Å². The third-order valence-corrected chi connectivity index (χ3v) is 4.08. The molecule has 0 saturated carbocycles. The largest absolute Gasteiger partial charge is 0.493 e. The van der Waals surface area contributed by atoms with Crippen molar-refractivity contribution in [2.24, 2.45) is 5.92 Å². The van der Waals surface area contributed by atoms with Gasteiger partial charge in [-0.1, -0.05) is 22.9 Å². The lowest BCUT2D eigenvalue weighted by atomic mass is 9.98. The van der Waals surface area contributed by atoms with Crippen LogP contribution in [0, 0.1) is 5.92 Å². The van der Waals surface area contributed by atoms with E-state index in [1.54, 1.807) is 14.2 Å². The molecule has 0 spiro atoms. The van der Waals surface area contributed by atoms with Crippen LogP contribution in [0.25, 0.3) is 0 Å². The zero-order chi connectivity index (χ0) is 14.3. The van der Waals surface area contributed by atoms with Crippen molar-refractivity contribution in [2.45, 2.75) is 26.2 Å². The van der Waals surface area contributed by atoms with Crippen LogP contribution in [-0.4, -0.2) is 27.8 Å². The average Bonchev–Trinajstić information content (AvgIpc) is 2.43. The molecule has 1 atom stereocenters. The predicted molar refractivity (Wildman–Crippen MR) is 83.3 cm³/mol. The molecular formula is C15H24BrNO2. The molecule has 1 unspecified atom stereocenters. The fraction of sp³-hybridized carbons (Fsp3) is 0.600. The van der Waals surface area contributed by atoms with E-state index in [1.165, 1.54) is 18.4 Å². The van der Waals surface area contributed by atoms with Gasteiger partial charge in [0.2, 0.25) is 0 Å². The highest BCUT2D eigenvalue weighted by Crippen LogP contribution is 2.34. The molecule has 0 heterocycles. The third kappa shape index (κ3) is 5.03. The molecule has 3 nitrogen and oxygen atoms in total. The zero-order valence-electron chi connectivity index (χ0n) is 12.3. The summed E-state index contributed by atoms with van der Waals surface area (Å²) in [6.07, 6.45) is 3.43. The van der Waals surface area contributed by atoms with Crippen LogP contribution in [0.4, 0.5) is 0 Å². The maximum atomic E-state index is 5.35. The Kier molecular flexibility index (Phi) is 7.24. The second-order valence-corrected chi connectivity index (χ2v) is 5.69. The number of methoxy groups -OCH3 is 2. The number of nitrogens with one attached hydrogen (secondary N) is 1. The minimum Gasteiger partial charge on any atom is -0.493 e. The number of hydrogen-bond acceptors (Lipinski definition) is 3. The number of hydrogen-bond donors (Lipinski definition) is 1. The highest BCUT2D eigenvalue weighted by Gasteiger charge is 2.10. The monoisotopic (exact) mass is 329 g/mol. The molecule has 1 aromatic carbocycles. The number of ether oxygens (including phenoxy) is 2. The van der Waals surface area contributed by atoms with E-state index in [0.29, 0.717) is 5.92 Å². The van der Waals surface area contributed by atoms with Gasteiger partial charge in [0.15, 0.2) is 11.5 Å². The summed E-state index contributed by atoms with van der Waals surface area (Å²) in [6.45, 7) is 3.38. The summed E-state index contributed by atoms with van der Waals surface area (Å²) >= 11 is 3.61. The Morgan fingerprint density at radius 3 is 2.37 bits per heavy atom. The van der Waals surface area contributed by atoms with Crippen LogP contribution in [0.5, 0.6) is 11.5 Å². The van der Waals surface area contributed by atoms with Gasteiger partial charge in [-0.05, 0) is 56.5 Å². The summed E-state index contributed by atoms with van der Waals surface area (Å²) in [6, 6.07) is 4.04. The molecule has 0 bridgehead atoms. The zero-order valence-corrected chi connectivity index (χ0v) is 13.8. The molecule has 1 N–H and O–H groups in total. The summed E-state index contributed by atoms with van der Waals surface area (Å²) < 4.78 is 11.7. The highest BCUT2D eigenvalue weighted by atomic mass is 79.9. The summed E-state index contributed by atoms with van der Waals surface area (Å²) in [4.78, 5) is 0. The Labute approximate surface area is 124 Å². The van der Waals surface area contributed by atoms with E-state index >= 15 is 0 Å². The molecule has 0 aliphatic carbocycles. The lowest BCUT2D eigenvalue weighted by molar-refractivity contribution is 0.354. The van der Waals surface area contributed by atoms with Gasteiger partial charge in [0, 0.05) is 4.47 Å². The first-order chi connectivity index (χ1) is 9.12. The molecule has 108 valence electrons. The van der Waals surface area contributed by atoms with E-state index in [4.69, 9.17) is 9.47 Å². The molecule has 1 rings (SSSR count). The number of rotatable bonds is 8. The Morgan fingerprint density at radius 1 is 1.16 bits per heavy atom. The first-order valence-corrected chi connectivity index (χ1v) is 7.46. The molecule has 4 heteroatoms. The van der Waals surface area contributed by atoms with Crippen LogP contribution in [0.3, 0.4) is 0 Å². The van der Waals surface area contributed by atoms with Crippen molar-refractivity contribution in [2.75, 3.05) is 27.8 Å². The molecule has 1 aromatic rings.